The molecular weight excluding hydrogens is 290 g/mol. The van der Waals surface area contributed by atoms with Crippen molar-refractivity contribution in [3.8, 4) is 0 Å². The van der Waals surface area contributed by atoms with Crippen LogP contribution in [0, 0.1) is 12.3 Å². The van der Waals surface area contributed by atoms with Gasteiger partial charge in [-0.15, -0.1) is 0 Å². The molecule has 1 aliphatic carbocycles. The maximum Gasteiger partial charge on any atom is 0.157 e. The molecule has 1 aromatic rings. The van der Waals surface area contributed by atoms with Gasteiger partial charge in [-0.25, -0.2) is 0 Å². The van der Waals surface area contributed by atoms with Gasteiger partial charge in [-0.2, -0.15) is 0 Å². The van der Waals surface area contributed by atoms with Gasteiger partial charge in [-0.05, 0) is 52.4 Å². The fourth-order valence-corrected chi connectivity index (χ4v) is 2.91. The van der Waals surface area contributed by atoms with Crippen molar-refractivity contribution in [3.05, 3.63) is 40.0 Å². The highest BCUT2D eigenvalue weighted by molar-refractivity contribution is 9.10. The summed E-state index contributed by atoms with van der Waals surface area (Å²) in [4.78, 5) is 11.7. The van der Waals surface area contributed by atoms with Crippen molar-refractivity contribution in [3.63, 3.8) is 0 Å². The topological polar surface area (TPSA) is 29.1 Å². The van der Waals surface area contributed by atoms with Crippen molar-refractivity contribution in [1.82, 2.24) is 0 Å². The monoisotopic (exact) mass is 307 g/mol. The first-order valence-electron chi connectivity index (χ1n) is 6.12. The first kappa shape index (κ1) is 13.3. The molecule has 96 valence electrons. The summed E-state index contributed by atoms with van der Waals surface area (Å²) in [5, 5.41) is 3.36. The number of allylic oxidation sites excluding steroid dienone is 2. The molecule has 2 nitrogen and oxygen atoms in total. The Bertz CT molecular complexity index is 517. The second-order valence-corrected chi connectivity index (χ2v) is 6.62. The van der Waals surface area contributed by atoms with Crippen molar-refractivity contribution < 1.29 is 4.79 Å². The number of carbonyl (C=O) groups excluding carboxylic acids is 1. The van der Waals surface area contributed by atoms with Gasteiger partial charge < -0.3 is 5.32 Å². The summed E-state index contributed by atoms with van der Waals surface area (Å²) in [5.74, 6) is 0.206. The first-order valence-corrected chi connectivity index (χ1v) is 6.92. The van der Waals surface area contributed by atoms with Crippen LogP contribution < -0.4 is 5.32 Å². The predicted octanol–water partition coefficient (Wildman–Crippen LogP) is 4.44. The molecule has 0 unspecified atom stereocenters. The number of hydrogen-bond acceptors (Lipinski definition) is 2. The van der Waals surface area contributed by atoms with E-state index in [4.69, 9.17) is 0 Å². The Morgan fingerprint density at radius 2 is 2.00 bits per heavy atom. The molecule has 2 rings (SSSR count). The van der Waals surface area contributed by atoms with Gasteiger partial charge in [0.2, 0.25) is 0 Å². The van der Waals surface area contributed by atoms with E-state index in [1.54, 1.807) is 6.08 Å². The van der Waals surface area contributed by atoms with Crippen LogP contribution in [-0.4, -0.2) is 5.78 Å². The van der Waals surface area contributed by atoms with Gasteiger partial charge >= 0.3 is 0 Å². The zero-order chi connectivity index (χ0) is 13.3. The third-order valence-corrected chi connectivity index (χ3v) is 3.73. The first-order chi connectivity index (χ1) is 8.35. The van der Waals surface area contributed by atoms with Crippen LogP contribution in [0.3, 0.4) is 0 Å². The molecule has 1 aromatic carbocycles. The van der Waals surface area contributed by atoms with E-state index >= 15 is 0 Å². The summed E-state index contributed by atoms with van der Waals surface area (Å²) in [6.45, 7) is 6.31. The highest BCUT2D eigenvalue weighted by atomic mass is 79.9. The van der Waals surface area contributed by atoms with Crippen LogP contribution in [-0.2, 0) is 4.79 Å². The summed E-state index contributed by atoms with van der Waals surface area (Å²) in [5.41, 5.74) is 3.27. The van der Waals surface area contributed by atoms with Crippen molar-refractivity contribution in [2.45, 2.75) is 33.6 Å². The van der Waals surface area contributed by atoms with Crippen LogP contribution >= 0.6 is 15.9 Å². The number of hydrogen-bond donors (Lipinski definition) is 1. The van der Waals surface area contributed by atoms with Gasteiger partial charge in [0.05, 0.1) is 5.69 Å². The van der Waals surface area contributed by atoms with E-state index in [1.807, 2.05) is 6.07 Å². The van der Waals surface area contributed by atoms with Crippen LogP contribution in [0.1, 0.15) is 32.3 Å². The van der Waals surface area contributed by atoms with Crippen LogP contribution in [0.4, 0.5) is 5.69 Å². The summed E-state index contributed by atoms with van der Waals surface area (Å²) in [6.07, 6.45) is 3.27. The SMILES string of the molecule is Cc1ccc(NC2=CC(=O)CC(C)(C)C2)c(Br)c1. The van der Waals surface area contributed by atoms with E-state index in [-0.39, 0.29) is 11.2 Å². The third-order valence-electron chi connectivity index (χ3n) is 3.08. The molecule has 0 spiro atoms. The molecule has 0 fully saturated rings. The predicted molar refractivity (Wildman–Crippen MR) is 78.6 cm³/mol. The molecule has 1 N–H and O–H groups in total. The molecule has 0 atom stereocenters. The Morgan fingerprint density at radius 1 is 1.28 bits per heavy atom. The van der Waals surface area contributed by atoms with E-state index < -0.39 is 0 Å². The summed E-state index contributed by atoms with van der Waals surface area (Å²) >= 11 is 3.54. The molecule has 1 aliphatic rings. The smallest absolute Gasteiger partial charge is 0.157 e. The zero-order valence-electron chi connectivity index (χ0n) is 11.0. The van der Waals surface area contributed by atoms with E-state index in [0.717, 1.165) is 22.3 Å². The molecular formula is C15H18BrNO. The average molecular weight is 308 g/mol. The number of carbonyl (C=O) groups is 1. The van der Waals surface area contributed by atoms with Crippen LogP contribution in [0.5, 0.6) is 0 Å². The molecule has 0 heterocycles. The van der Waals surface area contributed by atoms with Crippen LogP contribution in [0.25, 0.3) is 0 Å². The van der Waals surface area contributed by atoms with Crippen molar-refractivity contribution in [2.24, 2.45) is 5.41 Å². The van der Waals surface area contributed by atoms with Gasteiger partial charge in [-0.1, -0.05) is 19.9 Å². The minimum atomic E-state index is 0.0470. The third kappa shape index (κ3) is 3.22. The van der Waals surface area contributed by atoms with Gasteiger partial charge in [0.1, 0.15) is 0 Å². The fourth-order valence-electron chi connectivity index (χ4n) is 2.32. The quantitative estimate of drug-likeness (QED) is 0.875. The lowest BCUT2D eigenvalue weighted by atomic mass is 9.79. The minimum Gasteiger partial charge on any atom is -0.358 e. The Hall–Kier alpha value is -1.09. The highest BCUT2D eigenvalue weighted by Crippen LogP contribution is 2.35. The molecule has 0 amide bonds. The van der Waals surface area contributed by atoms with Crippen molar-refractivity contribution in [2.75, 3.05) is 5.32 Å². The maximum absolute atomic E-state index is 11.7. The highest BCUT2D eigenvalue weighted by Gasteiger charge is 2.27. The second-order valence-electron chi connectivity index (χ2n) is 5.76. The second kappa shape index (κ2) is 4.88. The number of nitrogens with one attached hydrogen (secondary N) is 1. The Morgan fingerprint density at radius 3 is 2.61 bits per heavy atom. The molecule has 0 aromatic heterocycles. The number of anilines is 1. The van der Waals surface area contributed by atoms with Crippen molar-refractivity contribution in [1.29, 1.82) is 0 Å². The lowest BCUT2D eigenvalue weighted by Crippen LogP contribution is -2.24. The maximum atomic E-state index is 11.7. The number of aryl methyl sites for hydroxylation is 1. The largest absolute Gasteiger partial charge is 0.358 e. The van der Waals surface area contributed by atoms with Crippen LogP contribution in [0.2, 0.25) is 0 Å². The Balaban J connectivity index is 2.21. The molecule has 0 bridgehead atoms. The fraction of sp³-hybridized carbons (Fsp3) is 0.400. The van der Waals surface area contributed by atoms with Gasteiger partial charge in [-0.3, -0.25) is 4.79 Å². The zero-order valence-corrected chi connectivity index (χ0v) is 12.6. The van der Waals surface area contributed by atoms with Gasteiger partial charge in [0.15, 0.2) is 5.78 Å². The van der Waals surface area contributed by atoms with E-state index in [9.17, 15) is 4.79 Å². The molecule has 0 saturated heterocycles. The van der Waals surface area contributed by atoms with E-state index in [2.05, 4.69) is 54.2 Å². The van der Waals surface area contributed by atoms with Gasteiger partial charge in [0, 0.05) is 22.7 Å². The number of halogens is 1. The molecule has 3 heteroatoms. The number of ketones is 1. The Labute approximate surface area is 117 Å². The number of rotatable bonds is 2. The van der Waals surface area contributed by atoms with Crippen LogP contribution in [0.15, 0.2) is 34.4 Å². The minimum absolute atomic E-state index is 0.0470. The van der Waals surface area contributed by atoms with E-state index in [0.29, 0.717) is 6.42 Å². The Kier molecular flexibility index (Phi) is 3.62. The summed E-state index contributed by atoms with van der Waals surface area (Å²) in [6, 6.07) is 6.16. The van der Waals surface area contributed by atoms with Crippen molar-refractivity contribution >= 4 is 27.4 Å². The lowest BCUT2D eigenvalue weighted by molar-refractivity contribution is -0.117. The average Bonchev–Trinajstić information content (AvgIpc) is 2.19. The standard InChI is InChI=1S/C15H18BrNO/c1-10-4-5-14(13(16)6-10)17-11-7-12(18)9-15(2,3)8-11/h4-7,17H,8-9H2,1-3H3. The molecule has 0 saturated carbocycles. The number of benzene rings is 1. The normalized spacial score (nSPS) is 18.4. The molecule has 0 radical (unpaired) electrons. The van der Waals surface area contributed by atoms with E-state index in [1.165, 1.54) is 5.56 Å². The summed E-state index contributed by atoms with van der Waals surface area (Å²) < 4.78 is 1.03. The lowest BCUT2D eigenvalue weighted by Gasteiger charge is -2.29. The summed E-state index contributed by atoms with van der Waals surface area (Å²) in [7, 11) is 0. The molecule has 0 aliphatic heterocycles. The molecule has 18 heavy (non-hydrogen) atoms. The van der Waals surface area contributed by atoms with Gasteiger partial charge in [0.25, 0.3) is 0 Å².